The maximum absolute atomic E-state index is 6.49. The second-order valence-electron chi connectivity index (χ2n) is 5.49. The van der Waals surface area contributed by atoms with Crippen LogP contribution in [0.25, 0.3) is 4.96 Å². The number of nitrogens with zero attached hydrogens (tertiary/aromatic N) is 4. The average molecular weight is 295 g/mol. The summed E-state index contributed by atoms with van der Waals surface area (Å²) in [6.07, 6.45) is 2.59. The molecule has 0 aliphatic carbocycles. The van der Waals surface area contributed by atoms with Crippen LogP contribution in [0.2, 0.25) is 0 Å². The highest BCUT2D eigenvalue weighted by Crippen LogP contribution is 2.33. The molecule has 108 valence electrons. The van der Waals surface area contributed by atoms with E-state index in [0.717, 1.165) is 41.7 Å². The minimum absolute atomic E-state index is 0.295. The van der Waals surface area contributed by atoms with Gasteiger partial charge >= 0.3 is 0 Å². The second-order valence-corrected chi connectivity index (χ2v) is 6.44. The van der Waals surface area contributed by atoms with E-state index in [1.807, 2.05) is 4.52 Å². The normalized spacial score (nSPS) is 26.4. The highest BCUT2D eigenvalue weighted by atomic mass is 32.1. The minimum atomic E-state index is -0.382. The Morgan fingerprint density at radius 1 is 1.20 bits per heavy atom. The highest BCUT2D eigenvalue weighted by Gasteiger charge is 2.35. The van der Waals surface area contributed by atoms with Crippen LogP contribution < -0.4 is 5.73 Å². The molecule has 8 heteroatoms. The van der Waals surface area contributed by atoms with Crippen molar-refractivity contribution in [3.63, 3.8) is 0 Å². The smallest absolute Gasteiger partial charge is 0.234 e. The van der Waals surface area contributed by atoms with E-state index in [1.165, 1.54) is 11.3 Å². The van der Waals surface area contributed by atoms with Crippen molar-refractivity contribution in [2.45, 2.75) is 30.7 Å². The third-order valence-electron chi connectivity index (χ3n) is 4.12. The Kier molecular flexibility index (Phi) is 2.99. The topological polar surface area (TPSA) is 87.6 Å². The van der Waals surface area contributed by atoms with Crippen molar-refractivity contribution in [2.24, 2.45) is 5.73 Å². The predicted molar refractivity (Wildman–Crippen MR) is 72.8 cm³/mol. The molecule has 2 aromatic rings. The van der Waals surface area contributed by atoms with Gasteiger partial charge in [0.25, 0.3) is 0 Å². The molecule has 2 fully saturated rings. The first-order chi connectivity index (χ1) is 9.76. The van der Waals surface area contributed by atoms with Crippen molar-refractivity contribution in [1.82, 2.24) is 19.8 Å². The van der Waals surface area contributed by atoms with E-state index in [-0.39, 0.29) is 5.54 Å². The Morgan fingerprint density at radius 2 is 2.05 bits per heavy atom. The molecule has 1 unspecified atom stereocenters. The zero-order valence-corrected chi connectivity index (χ0v) is 11.9. The van der Waals surface area contributed by atoms with Gasteiger partial charge in [0.2, 0.25) is 4.96 Å². The Bertz CT molecular complexity index is 612. The number of hydrogen-bond donors (Lipinski definition) is 1. The molecule has 4 heterocycles. The monoisotopic (exact) mass is 295 g/mol. The molecule has 7 nitrogen and oxygen atoms in total. The molecule has 0 radical (unpaired) electrons. The Morgan fingerprint density at radius 3 is 2.80 bits per heavy atom. The maximum atomic E-state index is 6.49. The first-order valence-electron chi connectivity index (χ1n) is 6.93. The molecule has 0 amide bonds. The van der Waals surface area contributed by atoms with Gasteiger partial charge in [0.15, 0.2) is 5.82 Å². The van der Waals surface area contributed by atoms with E-state index < -0.39 is 0 Å². The standard InChI is InChI=1S/C12H17N5O2S/c13-12(2-5-18-6-3-12)10-16-17-9(8-1-4-19-7-8)14-15-11(17)20-10/h8H,1-7,13H2. The largest absolute Gasteiger partial charge is 0.381 e. The van der Waals surface area contributed by atoms with Gasteiger partial charge in [-0.25, -0.2) is 0 Å². The Balaban J connectivity index is 1.71. The van der Waals surface area contributed by atoms with Crippen LogP contribution in [0.1, 0.15) is 36.0 Å². The van der Waals surface area contributed by atoms with Crippen molar-refractivity contribution >= 4 is 16.3 Å². The summed E-state index contributed by atoms with van der Waals surface area (Å²) in [7, 11) is 0. The molecule has 2 saturated heterocycles. The number of fused-ring (bicyclic) bond motifs is 1. The first-order valence-corrected chi connectivity index (χ1v) is 7.75. The molecule has 4 rings (SSSR count). The van der Waals surface area contributed by atoms with Crippen molar-refractivity contribution in [3.05, 3.63) is 10.8 Å². The number of rotatable bonds is 2. The molecule has 20 heavy (non-hydrogen) atoms. The second kappa shape index (κ2) is 4.73. The van der Waals surface area contributed by atoms with Crippen LogP contribution in [-0.4, -0.2) is 46.2 Å². The van der Waals surface area contributed by atoms with Crippen LogP contribution in [0.4, 0.5) is 0 Å². The molecule has 2 aliphatic heterocycles. The Labute approximate surface area is 120 Å². The number of nitrogens with two attached hydrogens (primary N) is 1. The van der Waals surface area contributed by atoms with Crippen molar-refractivity contribution in [1.29, 1.82) is 0 Å². The summed E-state index contributed by atoms with van der Waals surface area (Å²) in [6.45, 7) is 2.88. The maximum Gasteiger partial charge on any atom is 0.234 e. The molecule has 2 aromatic heterocycles. The summed E-state index contributed by atoms with van der Waals surface area (Å²) in [4.78, 5) is 0.818. The van der Waals surface area contributed by atoms with E-state index >= 15 is 0 Å². The quantitative estimate of drug-likeness (QED) is 0.875. The first kappa shape index (κ1) is 12.6. The minimum Gasteiger partial charge on any atom is -0.381 e. The highest BCUT2D eigenvalue weighted by molar-refractivity contribution is 7.16. The Hall–Kier alpha value is -1.09. The summed E-state index contributed by atoms with van der Waals surface area (Å²) < 4.78 is 12.7. The lowest BCUT2D eigenvalue weighted by atomic mass is 9.92. The molecule has 2 aliphatic rings. The zero-order chi connectivity index (χ0) is 13.6. The fraction of sp³-hybridized carbons (Fsp3) is 0.750. The zero-order valence-electron chi connectivity index (χ0n) is 11.1. The van der Waals surface area contributed by atoms with Crippen molar-refractivity contribution in [2.75, 3.05) is 26.4 Å². The van der Waals surface area contributed by atoms with Gasteiger partial charge in [-0.1, -0.05) is 11.3 Å². The van der Waals surface area contributed by atoms with Crippen LogP contribution in [0.15, 0.2) is 0 Å². The number of ether oxygens (including phenoxy) is 2. The van der Waals surface area contributed by atoms with Gasteiger partial charge < -0.3 is 15.2 Å². The molecule has 0 bridgehead atoms. The van der Waals surface area contributed by atoms with Gasteiger partial charge in [0.05, 0.1) is 12.1 Å². The van der Waals surface area contributed by atoms with E-state index in [2.05, 4.69) is 15.3 Å². The molecule has 2 N–H and O–H groups in total. The van der Waals surface area contributed by atoms with Gasteiger partial charge in [-0.15, -0.1) is 10.2 Å². The number of aromatic nitrogens is 4. The average Bonchev–Trinajstić information content (AvgIpc) is 3.15. The van der Waals surface area contributed by atoms with Gasteiger partial charge in [0, 0.05) is 25.7 Å². The summed E-state index contributed by atoms with van der Waals surface area (Å²) >= 11 is 1.54. The van der Waals surface area contributed by atoms with Crippen LogP contribution in [0, 0.1) is 0 Å². The number of hydrogen-bond acceptors (Lipinski definition) is 7. The lowest BCUT2D eigenvalue weighted by Gasteiger charge is -2.30. The lowest BCUT2D eigenvalue weighted by Crippen LogP contribution is -2.42. The van der Waals surface area contributed by atoms with E-state index in [1.54, 1.807) is 0 Å². The van der Waals surface area contributed by atoms with Crippen molar-refractivity contribution in [3.8, 4) is 0 Å². The predicted octanol–water partition coefficient (Wildman–Crippen LogP) is 0.654. The van der Waals surface area contributed by atoms with Gasteiger partial charge in [-0.2, -0.15) is 9.61 Å². The molecular weight excluding hydrogens is 278 g/mol. The third-order valence-corrected chi connectivity index (χ3v) is 5.24. The van der Waals surface area contributed by atoms with Gasteiger partial charge in [-0.05, 0) is 19.3 Å². The fourth-order valence-electron chi connectivity index (χ4n) is 2.78. The third kappa shape index (κ3) is 1.95. The summed E-state index contributed by atoms with van der Waals surface area (Å²) in [5, 5.41) is 14.1. The van der Waals surface area contributed by atoms with E-state index in [0.29, 0.717) is 25.7 Å². The SMILES string of the molecule is NC1(c2nn3c(C4CCOC4)nnc3s2)CCOCC1. The van der Waals surface area contributed by atoms with Gasteiger partial charge in [-0.3, -0.25) is 0 Å². The molecule has 0 spiro atoms. The molecule has 1 atom stereocenters. The molecule has 0 aromatic carbocycles. The van der Waals surface area contributed by atoms with Gasteiger partial charge in [0.1, 0.15) is 5.01 Å². The van der Waals surface area contributed by atoms with Crippen LogP contribution in [-0.2, 0) is 15.0 Å². The van der Waals surface area contributed by atoms with Crippen LogP contribution in [0.5, 0.6) is 0 Å². The summed E-state index contributed by atoms with van der Waals surface area (Å²) in [6, 6.07) is 0. The van der Waals surface area contributed by atoms with Crippen LogP contribution >= 0.6 is 11.3 Å². The summed E-state index contributed by atoms with van der Waals surface area (Å²) in [5.41, 5.74) is 6.11. The molecule has 0 saturated carbocycles. The lowest BCUT2D eigenvalue weighted by molar-refractivity contribution is 0.0518. The van der Waals surface area contributed by atoms with Crippen molar-refractivity contribution < 1.29 is 9.47 Å². The van der Waals surface area contributed by atoms with E-state index in [4.69, 9.17) is 15.2 Å². The van der Waals surface area contributed by atoms with Crippen LogP contribution in [0.3, 0.4) is 0 Å². The fourth-order valence-corrected chi connectivity index (χ4v) is 3.78. The van der Waals surface area contributed by atoms with E-state index in [9.17, 15) is 0 Å². The molecular formula is C12H17N5O2S. The summed E-state index contributed by atoms with van der Waals surface area (Å²) in [5.74, 6) is 1.19.